The van der Waals surface area contributed by atoms with E-state index in [2.05, 4.69) is 10.6 Å². The number of aliphatic hydroxyl groups is 1. The second kappa shape index (κ2) is 13.4. The number of piperazine rings is 1. The second-order valence-corrected chi connectivity index (χ2v) is 16.2. The van der Waals surface area contributed by atoms with Gasteiger partial charge < -0.3 is 48.7 Å². The topological polar surface area (TPSA) is 184 Å². The average molecular weight is 790 g/mol. The second-order valence-electron chi connectivity index (χ2n) is 15.1. The minimum absolute atomic E-state index is 0.0107. The fourth-order valence-electron chi connectivity index (χ4n) is 9.82. The molecule has 0 saturated carbocycles. The molecule has 3 aromatic rings. The van der Waals surface area contributed by atoms with Gasteiger partial charge in [0.05, 0.1) is 37.6 Å². The molecule has 296 valence electrons. The third-order valence-corrected chi connectivity index (χ3v) is 13.5. The van der Waals surface area contributed by atoms with Crippen LogP contribution in [0.5, 0.6) is 40.2 Å². The van der Waals surface area contributed by atoms with Crippen LogP contribution >= 0.6 is 11.8 Å². The van der Waals surface area contributed by atoms with E-state index in [0.29, 0.717) is 70.2 Å². The molecule has 56 heavy (non-hydrogen) atoms. The summed E-state index contributed by atoms with van der Waals surface area (Å²) < 4.78 is 41.5. The predicted molar refractivity (Wildman–Crippen MR) is 200 cm³/mol. The molecule has 0 amide bonds. The van der Waals surface area contributed by atoms with Crippen LogP contribution in [0.2, 0.25) is 0 Å². The number of thioether (sulfide) groups is 1. The van der Waals surface area contributed by atoms with Gasteiger partial charge in [-0.15, -0.1) is 11.8 Å². The van der Waals surface area contributed by atoms with Crippen LogP contribution < -0.4 is 39.1 Å². The maximum absolute atomic E-state index is 14.8. The predicted octanol–water partition coefficient (Wildman–Crippen LogP) is 3.29. The van der Waals surface area contributed by atoms with Crippen molar-refractivity contribution >= 4 is 29.7 Å². The fourth-order valence-corrected chi connectivity index (χ4v) is 11.5. The first-order valence-electron chi connectivity index (χ1n) is 18.6. The molecule has 2 saturated heterocycles. The summed E-state index contributed by atoms with van der Waals surface area (Å²) in [7, 11) is 2.99. The number of ether oxygens (including phenoxy) is 7. The maximum Gasteiger partial charge on any atom is 0.331 e. The van der Waals surface area contributed by atoms with Crippen LogP contribution in [0.1, 0.15) is 75.7 Å². The Balaban J connectivity index is 1.28. The summed E-state index contributed by atoms with van der Waals surface area (Å²) in [6, 6.07) is 3.03. The van der Waals surface area contributed by atoms with Crippen LogP contribution in [-0.4, -0.2) is 91.2 Å². The molecule has 4 bridgehead atoms. The first-order chi connectivity index (χ1) is 26.9. The lowest BCUT2D eigenvalue weighted by Crippen LogP contribution is -2.69. The van der Waals surface area contributed by atoms with Crippen molar-refractivity contribution < 1.29 is 57.8 Å². The van der Waals surface area contributed by atoms with E-state index < -0.39 is 59.1 Å². The summed E-state index contributed by atoms with van der Waals surface area (Å²) in [6.45, 7) is 6.46. The summed E-state index contributed by atoms with van der Waals surface area (Å²) in [5.41, 5.74) is 4.14. The Morgan fingerprint density at radius 3 is 2.45 bits per heavy atom. The molecule has 0 radical (unpaired) electrons. The Labute approximate surface area is 326 Å². The van der Waals surface area contributed by atoms with Gasteiger partial charge in [0.15, 0.2) is 40.0 Å². The molecule has 7 heterocycles. The van der Waals surface area contributed by atoms with Gasteiger partial charge in [0.1, 0.15) is 18.6 Å². The van der Waals surface area contributed by atoms with Crippen LogP contribution in [0.3, 0.4) is 0 Å². The van der Waals surface area contributed by atoms with Gasteiger partial charge in [-0.3, -0.25) is 19.8 Å². The van der Waals surface area contributed by atoms with E-state index in [1.54, 1.807) is 12.1 Å². The molecule has 2 fully saturated rings. The van der Waals surface area contributed by atoms with Gasteiger partial charge in [-0.1, -0.05) is 6.07 Å². The molecule has 7 aliphatic heterocycles. The van der Waals surface area contributed by atoms with Crippen LogP contribution in [0, 0.1) is 13.8 Å². The monoisotopic (exact) mass is 789 g/mol. The summed E-state index contributed by atoms with van der Waals surface area (Å²) in [5, 5.41) is 30.9. The summed E-state index contributed by atoms with van der Waals surface area (Å²) in [5.74, 6) is 0.596. The van der Waals surface area contributed by atoms with Gasteiger partial charge in [-0.25, -0.2) is 4.79 Å². The molecule has 3 aromatic carbocycles. The Hall–Kier alpha value is -4.74. The zero-order valence-electron chi connectivity index (χ0n) is 31.8. The quantitative estimate of drug-likeness (QED) is 0.223. The van der Waals surface area contributed by atoms with Crippen molar-refractivity contribution in [1.29, 1.82) is 0 Å². The minimum atomic E-state index is -1.40. The molecule has 16 heteroatoms. The molecule has 0 aliphatic carbocycles. The Morgan fingerprint density at radius 1 is 0.946 bits per heavy atom. The number of carbonyl (C=O) groups excluding carboxylic acids is 3. The smallest absolute Gasteiger partial charge is 0.331 e. The lowest BCUT2D eigenvalue weighted by Gasteiger charge is -2.59. The van der Waals surface area contributed by atoms with Crippen molar-refractivity contribution in [3.05, 3.63) is 62.7 Å². The van der Waals surface area contributed by atoms with Crippen LogP contribution in [-0.2, 0) is 37.5 Å². The summed E-state index contributed by atoms with van der Waals surface area (Å²) >= 11 is 1.44. The van der Waals surface area contributed by atoms with Gasteiger partial charge in [-0.05, 0) is 61.1 Å². The molecule has 7 aliphatic rings. The van der Waals surface area contributed by atoms with Crippen molar-refractivity contribution in [3.63, 3.8) is 0 Å². The Morgan fingerprint density at radius 2 is 1.71 bits per heavy atom. The van der Waals surface area contributed by atoms with Crippen molar-refractivity contribution in [3.8, 4) is 40.2 Å². The van der Waals surface area contributed by atoms with Crippen LogP contribution in [0.25, 0.3) is 0 Å². The van der Waals surface area contributed by atoms with E-state index in [-0.39, 0.29) is 36.4 Å². The van der Waals surface area contributed by atoms with E-state index in [1.807, 2.05) is 24.8 Å². The van der Waals surface area contributed by atoms with Crippen molar-refractivity contribution in [2.75, 3.05) is 39.9 Å². The molecular weight excluding hydrogens is 747 g/mol. The highest BCUT2D eigenvalue weighted by molar-refractivity contribution is 7.99. The fraction of sp³-hybridized carbons (Fsp3) is 0.475. The number of aryl methyl sites for hydroxylation is 1. The lowest BCUT2D eigenvalue weighted by atomic mass is 9.74. The molecule has 7 atom stereocenters. The van der Waals surface area contributed by atoms with Crippen molar-refractivity contribution in [2.45, 2.75) is 81.7 Å². The molecular formula is C40H43N3O12S. The number of methoxy groups -OCH3 is 2. The molecule has 1 unspecified atom stereocenters. The Bertz CT molecular complexity index is 2210. The average Bonchev–Trinajstić information content (AvgIpc) is 3.66. The number of nitrogens with zero attached hydrogens (tertiary/aromatic N) is 1. The van der Waals surface area contributed by atoms with Crippen molar-refractivity contribution in [1.82, 2.24) is 15.5 Å². The van der Waals surface area contributed by atoms with Gasteiger partial charge in [-0.2, -0.15) is 0 Å². The number of benzene rings is 3. The molecule has 1 spiro atoms. The summed E-state index contributed by atoms with van der Waals surface area (Å²) in [6.07, 6.45) is -0.123. The number of rotatable bonds is 4. The highest BCUT2D eigenvalue weighted by Gasteiger charge is 2.60. The van der Waals surface area contributed by atoms with Crippen molar-refractivity contribution in [2.24, 2.45) is 0 Å². The molecule has 0 aromatic heterocycles. The van der Waals surface area contributed by atoms with Gasteiger partial charge in [0, 0.05) is 54.4 Å². The first-order valence-corrected chi connectivity index (χ1v) is 19.6. The van der Waals surface area contributed by atoms with Gasteiger partial charge in [0.25, 0.3) is 0 Å². The number of fused-ring (bicyclic) bond motifs is 9. The number of aliphatic hydroxyl groups excluding tert-OH is 1. The third-order valence-electron chi connectivity index (χ3n) is 12.0. The normalized spacial score (nSPS) is 28.3. The number of aromatic hydroxyl groups is 1. The van der Waals surface area contributed by atoms with Crippen LogP contribution in [0.4, 0.5) is 0 Å². The standard InChI is InChI=1S/C40H43N3O12S/c1-16-9-21-10-23-38(47)43-24-13-51-39(48)40(22-12-25(49-5)26(54-18(3)44)11-20(22)7-8-41-40)14-56-37(31(43)30(42-23)27(21)32(46)33(16)50-6)29-28(24)36-35(52-15-53-36)17(2)34(29)55-19(4)45/h9,11-12,23-24,30-31,37-38,41-42,46-47H,7-8,10,13-15H2,1-6H3/t23-,24-,30+,31?,37+,38-,40+/m0/s1. The molecule has 15 nitrogen and oxygen atoms in total. The lowest BCUT2D eigenvalue weighted by molar-refractivity contribution is -0.164. The number of phenolic OH excluding ortho intramolecular Hbond substituents is 1. The Kier molecular flexibility index (Phi) is 8.85. The zero-order valence-corrected chi connectivity index (χ0v) is 32.6. The number of hydrogen-bond donors (Lipinski definition) is 4. The number of carbonyl (C=O) groups is 3. The van der Waals surface area contributed by atoms with E-state index in [4.69, 9.17) is 33.2 Å². The molecule has 10 rings (SSSR count). The number of nitrogens with one attached hydrogen (secondary N) is 2. The third kappa shape index (κ3) is 5.29. The summed E-state index contributed by atoms with van der Waals surface area (Å²) in [4.78, 5) is 41.7. The van der Waals surface area contributed by atoms with E-state index in [1.165, 1.54) is 39.8 Å². The number of phenols is 1. The first kappa shape index (κ1) is 36.9. The molecule has 4 N–H and O–H groups in total. The van der Waals surface area contributed by atoms with E-state index >= 15 is 0 Å². The maximum atomic E-state index is 14.8. The largest absolute Gasteiger partial charge is 0.504 e. The van der Waals surface area contributed by atoms with E-state index in [0.717, 1.165) is 16.7 Å². The van der Waals surface area contributed by atoms with Gasteiger partial charge >= 0.3 is 17.9 Å². The number of hydrogen-bond acceptors (Lipinski definition) is 16. The van der Waals surface area contributed by atoms with Crippen LogP contribution in [0.15, 0.2) is 18.2 Å². The number of esters is 3. The minimum Gasteiger partial charge on any atom is -0.504 e. The zero-order chi connectivity index (χ0) is 39.4. The van der Waals surface area contributed by atoms with E-state index in [9.17, 15) is 24.6 Å². The SMILES string of the molecule is COc1cc2c(cc1OC(C)=O)CCN[C@]21CS[C@@H]2c3c(OC(C)=O)c(C)c4c(c3[C@H](COC1=O)N1C2[C@@H]2N[C@@H](Cc3cc(C)c(OC)c(O)c32)[C@@H]1O)OCO4. The van der Waals surface area contributed by atoms with Gasteiger partial charge in [0.2, 0.25) is 6.79 Å². The highest BCUT2D eigenvalue weighted by atomic mass is 32.2. The highest BCUT2D eigenvalue weighted by Crippen LogP contribution is 2.63.